The number of fused-ring (bicyclic) bond motifs is 1. The molecule has 1 aromatic heterocycles. The van der Waals surface area contributed by atoms with Gasteiger partial charge < -0.3 is 36.9 Å². The number of aromatic nitrogens is 1. The van der Waals surface area contributed by atoms with E-state index in [1.54, 1.807) is 20.0 Å². The van der Waals surface area contributed by atoms with E-state index in [1.807, 2.05) is 24.3 Å². The normalized spacial score (nSPS) is 13.9. The maximum Gasteiger partial charge on any atom is 0.326 e. The van der Waals surface area contributed by atoms with Gasteiger partial charge in [-0.25, -0.2) is 4.79 Å². The number of H-pyrrole nitrogens is 1. The Kier molecular flexibility index (Phi) is 8.73. The van der Waals surface area contributed by atoms with E-state index in [0.29, 0.717) is 0 Å². The third-order valence-corrected chi connectivity index (χ3v) is 4.94. The number of carboxylic acids is 1. The van der Waals surface area contributed by atoms with Gasteiger partial charge in [0, 0.05) is 23.5 Å². The second-order valence-electron chi connectivity index (χ2n) is 7.76. The van der Waals surface area contributed by atoms with Crippen molar-refractivity contribution in [3.8, 4) is 0 Å². The average Bonchev–Trinajstić information content (AvgIpc) is 3.17. The summed E-state index contributed by atoms with van der Waals surface area (Å²) in [4.78, 5) is 51.4. The Morgan fingerprint density at radius 1 is 1.09 bits per heavy atom. The molecule has 1 aromatic carbocycles. The van der Waals surface area contributed by atoms with Gasteiger partial charge in [-0.1, -0.05) is 32.0 Å². The van der Waals surface area contributed by atoms with Crippen LogP contribution in [0, 0.1) is 5.92 Å². The molecule has 2 rings (SSSR count). The number of aromatic amines is 1. The number of aliphatic hydroxyl groups is 1. The monoisotopic (exact) mass is 447 g/mol. The number of aliphatic carboxylic acids is 1. The van der Waals surface area contributed by atoms with Gasteiger partial charge in [-0.05, 0) is 17.5 Å². The van der Waals surface area contributed by atoms with Gasteiger partial charge in [0.15, 0.2) is 0 Å². The SMILES string of the molecule is CC(C)C(NC(=O)CNC(=O)C(N)CO)C(=O)NC(Cc1c[nH]c2ccccc12)C(=O)O. The Bertz CT molecular complexity index is 972. The largest absolute Gasteiger partial charge is 0.480 e. The molecule has 0 aliphatic carbocycles. The van der Waals surface area contributed by atoms with Gasteiger partial charge in [-0.15, -0.1) is 0 Å². The van der Waals surface area contributed by atoms with Gasteiger partial charge >= 0.3 is 5.97 Å². The minimum absolute atomic E-state index is 0.0545. The Balaban J connectivity index is 2.03. The van der Waals surface area contributed by atoms with Crippen molar-refractivity contribution in [2.45, 2.75) is 38.4 Å². The molecule has 32 heavy (non-hydrogen) atoms. The fourth-order valence-corrected chi connectivity index (χ4v) is 3.12. The Labute approximate surface area is 184 Å². The number of carboxylic acid groups (broad SMARTS) is 1. The van der Waals surface area contributed by atoms with Gasteiger partial charge in [-0.3, -0.25) is 14.4 Å². The van der Waals surface area contributed by atoms with Crippen LogP contribution < -0.4 is 21.7 Å². The number of benzene rings is 1. The second-order valence-corrected chi connectivity index (χ2v) is 7.76. The predicted molar refractivity (Wildman–Crippen MR) is 116 cm³/mol. The summed E-state index contributed by atoms with van der Waals surface area (Å²) in [6.07, 6.45) is 1.76. The topological polar surface area (TPSA) is 187 Å². The van der Waals surface area contributed by atoms with Crippen LogP contribution in [0.15, 0.2) is 30.5 Å². The van der Waals surface area contributed by atoms with Crippen molar-refractivity contribution in [1.29, 1.82) is 0 Å². The van der Waals surface area contributed by atoms with Crippen LogP contribution in [0.25, 0.3) is 10.9 Å². The Hall–Kier alpha value is -3.44. The average molecular weight is 447 g/mol. The molecule has 11 nitrogen and oxygen atoms in total. The highest BCUT2D eigenvalue weighted by atomic mass is 16.4. The molecule has 2 aromatic rings. The van der Waals surface area contributed by atoms with E-state index in [2.05, 4.69) is 20.9 Å². The molecule has 0 aliphatic rings. The quantitative estimate of drug-likeness (QED) is 0.227. The van der Waals surface area contributed by atoms with Crippen LogP contribution >= 0.6 is 0 Å². The van der Waals surface area contributed by atoms with Gasteiger partial charge in [0.05, 0.1) is 13.2 Å². The molecule has 3 unspecified atom stereocenters. The Morgan fingerprint density at radius 2 is 1.78 bits per heavy atom. The fourth-order valence-electron chi connectivity index (χ4n) is 3.12. The number of rotatable bonds is 11. The molecule has 0 bridgehead atoms. The van der Waals surface area contributed by atoms with Crippen LogP contribution in [0.5, 0.6) is 0 Å². The Morgan fingerprint density at radius 3 is 2.41 bits per heavy atom. The number of aliphatic hydroxyl groups excluding tert-OH is 1. The minimum atomic E-state index is -1.21. The summed E-state index contributed by atoms with van der Waals surface area (Å²) in [5, 5.41) is 26.6. The highest BCUT2D eigenvalue weighted by Crippen LogP contribution is 2.19. The molecule has 3 atom stereocenters. The molecule has 3 amide bonds. The third-order valence-electron chi connectivity index (χ3n) is 4.94. The first-order valence-electron chi connectivity index (χ1n) is 10.2. The van der Waals surface area contributed by atoms with E-state index in [-0.39, 0.29) is 12.3 Å². The first-order chi connectivity index (χ1) is 15.1. The highest BCUT2D eigenvalue weighted by molar-refractivity contribution is 5.93. The number of para-hydroxylation sites is 1. The van der Waals surface area contributed by atoms with Crippen LogP contribution in [0.4, 0.5) is 0 Å². The zero-order valence-corrected chi connectivity index (χ0v) is 17.9. The number of hydrogen-bond donors (Lipinski definition) is 7. The summed E-state index contributed by atoms with van der Waals surface area (Å²) < 4.78 is 0. The number of nitrogens with two attached hydrogens (primary N) is 1. The van der Waals surface area contributed by atoms with Crippen molar-refractivity contribution in [3.63, 3.8) is 0 Å². The van der Waals surface area contributed by atoms with Gasteiger partial charge in [-0.2, -0.15) is 0 Å². The third kappa shape index (κ3) is 6.53. The molecule has 0 fully saturated rings. The van der Waals surface area contributed by atoms with Crippen molar-refractivity contribution in [3.05, 3.63) is 36.0 Å². The maximum atomic E-state index is 12.8. The molecule has 0 radical (unpaired) electrons. The van der Waals surface area contributed by atoms with Gasteiger partial charge in [0.2, 0.25) is 17.7 Å². The lowest BCUT2D eigenvalue weighted by molar-refractivity contribution is -0.142. The molecule has 174 valence electrons. The van der Waals surface area contributed by atoms with E-state index < -0.39 is 55.0 Å². The minimum Gasteiger partial charge on any atom is -0.480 e. The summed E-state index contributed by atoms with van der Waals surface area (Å²) in [6, 6.07) is 4.03. The van der Waals surface area contributed by atoms with Crippen molar-refractivity contribution in [2.24, 2.45) is 11.7 Å². The first kappa shape index (κ1) is 24.8. The van der Waals surface area contributed by atoms with Crippen molar-refractivity contribution in [2.75, 3.05) is 13.2 Å². The lowest BCUT2D eigenvalue weighted by Crippen LogP contribution is -2.56. The zero-order chi connectivity index (χ0) is 23.8. The number of carbonyl (C=O) groups excluding carboxylic acids is 3. The standard InChI is InChI=1S/C21H29N5O6/c1-11(2)18(26-17(28)9-24-19(29)14(22)10-27)20(30)25-16(21(31)32)7-12-8-23-15-6-4-3-5-13(12)15/h3-6,8,11,14,16,18,23,27H,7,9-10,22H2,1-2H3,(H,24,29)(H,25,30)(H,26,28)(H,31,32). The number of nitrogens with one attached hydrogen (secondary N) is 4. The summed E-state index contributed by atoms with van der Waals surface area (Å²) in [5.41, 5.74) is 6.95. The first-order valence-corrected chi connectivity index (χ1v) is 10.2. The summed E-state index contributed by atoms with van der Waals surface area (Å²) in [6.45, 7) is 2.37. The smallest absolute Gasteiger partial charge is 0.326 e. The summed E-state index contributed by atoms with van der Waals surface area (Å²) in [5.74, 6) is -3.57. The molecule has 11 heteroatoms. The number of amides is 3. The van der Waals surface area contributed by atoms with Crippen molar-refractivity contribution in [1.82, 2.24) is 20.9 Å². The fraction of sp³-hybridized carbons (Fsp3) is 0.429. The molecule has 8 N–H and O–H groups in total. The maximum absolute atomic E-state index is 12.8. The summed E-state index contributed by atoms with van der Waals surface area (Å²) in [7, 11) is 0. The van der Waals surface area contributed by atoms with Gasteiger partial charge in [0.1, 0.15) is 18.1 Å². The highest BCUT2D eigenvalue weighted by Gasteiger charge is 2.29. The van der Waals surface area contributed by atoms with Crippen LogP contribution in [0.2, 0.25) is 0 Å². The zero-order valence-electron chi connectivity index (χ0n) is 17.9. The number of carbonyl (C=O) groups is 4. The molecular formula is C21H29N5O6. The van der Waals surface area contributed by atoms with Crippen molar-refractivity contribution >= 4 is 34.6 Å². The molecule has 0 saturated carbocycles. The van der Waals surface area contributed by atoms with Crippen LogP contribution in [-0.2, 0) is 25.6 Å². The predicted octanol–water partition coefficient (Wildman–Crippen LogP) is -1.14. The van der Waals surface area contributed by atoms with E-state index in [4.69, 9.17) is 10.8 Å². The summed E-state index contributed by atoms with van der Waals surface area (Å²) >= 11 is 0. The van der Waals surface area contributed by atoms with E-state index in [1.165, 1.54) is 0 Å². The lowest BCUT2D eigenvalue weighted by Gasteiger charge is -2.24. The molecule has 0 spiro atoms. The van der Waals surface area contributed by atoms with Crippen LogP contribution in [0.1, 0.15) is 19.4 Å². The lowest BCUT2D eigenvalue weighted by atomic mass is 10.0. The van der Waals surface area contributed by atoms with Crippen LogP contribution in [-0.4, -0.2) is 70.2 Å². The molecule has 1 heterocycles. The number of hydrogen-bond acceptors (Lipinski definition) is 6. The van der Waals surface area contributed by atoms with E-state index in [0.717, 1.165) is 16.5 Å². The molecule has 0 aliphatic heterocycles. The molecule has 0 saturated heterocycles. The molecular weight excluding hydrogens is 418 g/mol. The second kappa shape index (κ2) is 11.3. The van der Waals surface area contributed by atoms with Gasteiger partial charge in [0.25, 0.3) is 0 Å². The van der Waals surface area contributed by atoms with E-state index in [9.17, 15) is 24.3 Å². The van der Waals surface area contributed by atoms with Crippen LogP contribution in [0.3, 0.4) is 0 Å². The van der Waals surface area contributed by atoms with E-state index >= 15 is 0 Å². The van der Waals surface area contributed by atoms with Crippen molar-refractivity contribution < 1.29 is 29.4 Å².